The molecule has 164 valence electrons. The molecule has 0 bridgehead atoms. The normalized spacial score (nSPS) is 12.3. The number of anilines is 1. The van der Waals surface area contributed by atoms with Crippen LogP contribution in [-0.2, 0) is 11.3 Å². The summed E-state index contributed by atoms with van der Waals surface area (Å²) in [5.41, 5.74) is 0.592. The maximum absolute atomic E-state index is 12.8. The predicted octanol–water partition coefficient (Wildman–Crippen LogP) is 2.69. The number of aromatic nitrogens is 1. The van der Waals surface area contributed by atoms with Gasteiger partial charge in [0.2, 0.25) is 5.88 Å². The molecule has 1 N–H and O–H groups in total. The summed E-state index contributed by atoms with van der Waals surface area (Å²) in [5, 5.41) is 11.9. The van der Waals surface area contributed by atoms with Gasteiger partial charge in [-0.25, -0.2) is 4.79 Å². The third-order valence-corrected chi connectivity index (χ3v) is 5.09. The summed E-state index contributed by atoms with van der Waals surface area (Å²) >= 11 is 0. The lowest BCUT2D eigenvalue weighted by Crippen LogP contribution is -2.29. The Labute approximate surface area is 187 Å². The Morgan fingerprint density at radius 1 is 1.18 bits per heavy atom. The average molecular weight is 444 g/mol. The topological polar surface area (TPSA) is 143 Å². The molecule has 0 atom stereocenters. The van der Waals surface area contributed by atoms with Gasteiger partial charge in [-0.15, -0.1) is 0 Å². The Bertz CT molecular complexity index is 1350. The van der Waals surface area contributed by atoms with Gasteiger partial charge in [-0.05, 0) is 37.3 Å². The number of ether oxygens (including phenoxy) is 1. The summed E-state index contributed by atoms with van der Waals surface area (Å²) < 4.78 is 10.0. The highest BCUT2D eigenvalue weighted by molar-refractivity contribution is 6.22. The third kappa shape index (κ3) is 3.72. The van der Waals surface area contributed by atoms with Gasteiger partial charge in [0.05, 0.1) is 30.5 Å². The molecule has 4 rings (SSSR count). The molecule has 0 aliphatic carbocycles. The number of amides is 3. The molecule has 2 aromatic heterocycles. The third-order valence-electron chi connectivity index (χ3n) is 5.09. The minimum absolute atomic E-state index is 0.00221. The first-order chi connectivity index (χ1) is 15.8. The Morgan fingerprint density at radius 2 is 1.94 bits per heavy atom. The van der Waals surface area contributed by atoms with Crippen LogP contribution < -0.4 is 5.32 Å². The van der Waals surface area contributed by atoms with Crippen LogP contribution in [0.25, 0.3) is 0 Å². The van der Waals surface area contributed by atoms with E-state index >= 15 is 0 Å². The number of nitriles is 1. The average Bonchev–Trinajstić information content (AvgIpc) is 3.26. The lowest BCUT2D eigenvalue weighted by atomic mass is 10.1. The summed E-state index contributed by atoms with van der Waals surface area (Å²) in [5.74, 6) is -2.61. The lowest BCUT2D eigenvalue weighted by molar-refractivity contribution is 0.0595. The molecule has 0 saturated carbocycles. The highest BCUT2D eigenvalue weighted by Gasteiger charge is 2.36. The highest BCUT2D eigenvalue weighted by Crippen LogP contribution is 2.29. The van der Waals surface area contributed by atoms with Crippen LogP contribution >= 0.6 is 0 Å². The van der Waals surface area contributed by atoms with Crippen LogP contribution in [0.5, 0.6) is 0 Å². The summed E-state index contributed by atoms with van der Waals surface area (Å²) in [6.45, 7) is 1.46. The van der Waals surface area contributed by atoms with E-state index in [0.29, 0.717) is 5.69 Å². The number of nitrogens with zero attached hydrogens (tertiary/aromatic N) is 3. The molecule has 33 heavy (non-hydrogen) atoms. The van der Waals surface area contributed by atoms with Crippen molar-refractivity contribution in [3.8, 4) is 6.07 Å². The first kappa shape index (κ1) is 21.5. The molecule has 3 aromatic rings. The van der Waals surface area contributed by atoms with E-state index in [-0.39, 0.29) is 46.0 Å². The molecule has 1 aliphatic heterocycles. The number of esters is 1. The molecule has 1 aromatic carbocycles. The number of aryl methyl sites for hydroxylation is 1. The molecule has 0 unspecified atom stereocenters. The minimum Gasteiger partial charge on any atom is -0.465 e. The Kier molecular flexibility index (Phi) is 5.46. The van der Waals surface area contributed by atoms with E-state index in [9.17, 15) is 24.4 Å². The van der Waals surface area contributed by atoms with Gasteiger partial charge in [0.25, 0.3) is 17.7 Å². The lowest BCUT2D eigenvalue weighted by Gasteiger charge is -2.12. The van der Waals surface area contributed by atoms with Crippen LogP contribution in [0, 0.1) is 18.3 Å². The van der Waals surface area contributed by atoms with Crippen LogP contribution in [0.4, 0.5) is 5.88 Å². The Hall–Kier alpha value is -4.78. The van der Waals surface area contributed by atoms with Gasteiger partial charge in [0.15, 0.2) is 0 Å². The van der Waals surface area contributed by atoms with Crippen molar-refractivity contribution in [2.24, 2.45) is 0 Å². The van der Waals surface area contributed by atoms with E-state index < -0.39 is 23.7 Å². The van der Waals surface area contributed by atoms with E-state index in [1.54, 1.807) is 24.4 Å². The second-order valence-corrected chi connectivity index (χ2v) is 7.07. The zero-order chi connectivity index (χ0) is 23.7. The Balaban J connectivity index is 1.60. The number of carbonyl (C=O) groups is 4. The number of imide groups is 1. The molecule has 10 nitrogen and oxygen atoms in total. The van der Waals surface area contributed by atoms with Crippen molar-refractivity contribution in [1.29, 1.82) is 5.26 Å². The van der Waals surface area contributed by atoms with Gasteiger partial charge >= 0.3 is 5.97 Å². The standard InChI is InChI=1S/C23H16N4O6/c1-12-18(23(31)32-2)17(10-24)20(33-12)26-19(28)13-6-7-15-16(9-13)22(30)27(21(15)29)11-14-5-3-4-8-25-14/h3-9H,11H2,1-2H3,(H,26,28). The fourth-order valence-electron chi connectivity index (χ4n) is 3.49. The zero-order valence-electron chi connectivity index (χ0n) is 17.5. The van der Waals surface area contributed by atoms with E-state index in [2.05, 4.69) is 15.0 Å². The van der Waals surface area contributed by atoms with Crippen LogP contribution in [0.1, 0.15) is 58.4 Å². The number of benzene rings is 1. The van der Waals surface area contributed by atoms with E-state index in [1.165, 1.54) is 25.1 Å². The number of methoxy groups -OCH3 is 1. The van der Waals surface area contributed by atoms with Crippen molar-refractivity contribution in [3.05, 3.63) is 81.9 Å². The number of hydrogen-bond donors (Lipinski definition) is 1. The SMILES string of the molecule is COC(=O)c1c(C)oc(NC(=O)c2ccc3c(c2)C(=O)N(Cc2ccccn2)C3=O)c1C#N. The quantitative estimate of drug-likeness (QED) is 0.467. The fraction of sp³-hybridized carbons (Fsp3) is 0.130. The number of nitrogens with one attached hydrogen (secondary N) is 1. The predicted molar refractivity (Wildman–Crippen MR) is 112 cm³/mol. The van der Waals surface area contributed by atoms with Crippen LogP contribution in [-0.4, -0.2) is 40.7 Å². The van der Waals surface area contributed by atoms with Gasteiger partial charge in [0.1, 0.15) is 23.0 Å². The van der Waals surface area contributed by atoms with Crippen molar-refractivity contribution in [2.45, 2.75) is 13.5 Å². The molecular weight excluding hydrogens is 428 g/mol. The second kappa shape index (κ2) is 8.39. The maximum atomic E-state index is 12.8. The summed E-state index contributed by atoms with van der Waals surface area (Å²) in [6, 6.07) is 11.1. The molecule has 3 heterocycles. The number of fused-ring (bicyclic) bond motifs is 1. The van der Waals surface area contributed by atoms with Crippen molar-refractivity contribution >= 4 is 29.6 Å². The summed E-state index contributed by atoms with van der Waals surface area (Å²) in [6.07, 6.45) is 1.56. The van der Waals surface area contributed by atoms with Gasteiger partial charge in [-0.2, -0.15) is 5.26 Å². The number of carbonyl (C=O) groups excluding carboxylic acids is 4. The van der Waals surface area contributed by atoms with Gasteiger partial charge in [-0.3, -0.25) is 29.6 Å². The molecule has 0 fully saturated rings. The zero-order valence-corrected chi connectivity index (χ0v) is 17.5. The van der Waals surface area contributed by atoms with E-state index in [0.717, 1.165) is 12.0 Å². The molecule has 0 saturated heterocycles. The van der Waals surface area contributed by atoms with Crippen LogP contribution in [0.2, 0.25) is 0 Å². The first-order valence-corrected chi connectivity index (χ1v) is 9.69. The van der Waals surface area contributed by atoms with Gasteiger partial charge in [-0.1, -0.05) is 6.07 Å². The summed E-state index contributed by atoms with van der Waals surface area (Å²) in [4.78, 5) is 55.4. The first-order valence-electron chi connectivity index (χ1n) is 9.69. The number of furan rings is 1. The fourth-order valence-corrected chi connectivity index (χ4v) is 3.49. The van der Waals surface area contributed by atoms with Crippen molar-refractivity contribution in [3.63, 3.8) is 0 Å². The monoisotopic (exact) mass is 444 g/mol. The number of rotatable bonds is 5. The molecule has 10 heteroatoms. The van der Waals surface area contributed by atoms with E-state index in [1.807, 2.05) is 6.07 Å². The maximum Gasteiger partial charge on any atom is 0.342 e. The molecule has 1 aliphatic rings. The Morgan fingerprint density at radius 3 is 2.61 bits per heavy atom. The molecule has 0 spiro atoms. The molecule has 3 amide bonds. The van der Waals surface area contributed by atoms with Crippen molar-refractivity contribution in [2.75, 3.05) is 12.4 Å². The largest absolute Gasteiger partial charge is 0.465 e. The van der Waals surface area contributed by atoms with Gasteiger partial charge < -0.3 is 9.15 Å². The van der Waals surface area contributed by atoms with Crippen molar-refractivity contribution in [1.82, 2.24) is 9.88 Å². The number of hydrogen-bond acceptors (Lipinski definition) is 8. The minimum atomic E-state index is -0.775. The highest BCUT2D eigenvalue weighted by atomic mass is 16.5. The van der Waals surface area contributed by atoms with E-state index in [4.69, 9.17) is 4.42 Å². The van der Waals surface area contributed by atoms with Crippen LogP contribution in [0.3, 0.4) is 0 Å². The second-order valence-electron chi connectivity index (χ2n) is 7.07. The van der Waals surface area contributed by atoms with Crippen LogP contribution in [0.15, 0.2) is 47.0 Å². The number of pyridine rings is 1. The molecule has 0 radical (unpaired) electrons. The summed E-state index contributed by atoms with van der Waals surface area (Å²) in [7, 11) is 1.16. The molecular formula is C23H16N4O6. The van der Waals surface area contributed by atoms with Gasteiger partial charge in [0, 0.05) is 11.8 Å². The van der Waals surface area contributed by atoms with Crippen molar-refractivity contribution < 1.29 is 28.3 Å². The smallest absolute Gasteiger partial charge is 0.342 e.